The van der Waals surface area contributed by atoms with Gasteiger partial charge >= 0.3 is 0 Å². The fraction of sp³-hybridized carbons (Fsp3) is 0.235. The van der Waals surface area contributed by atoms with Crippen molar-refractivity contribution in [3.8, 4) is 17.2 Å². The van der Waals surface area contributed by atoms with Crippen LogP contribution in [0.5, 0.6) is 17.2 Å². The molecule has 0 saturated heterocycles. The molecule has 0 aromatic heterocycles. The summed E-state index contributed by atoms with van der Waals surface area (Å²) in [5.74, 6) is 1.67. The second-order valence-electron chi connectivity index (χ2n) is 4.45. The van der Waals surface area contributed by atoms with Crippen molar-refractivity contribution in [2.75, 3.05) is 25.6 Å². The first kappa shape index (κ1) is 15.7. The standard InChI is InChI=1S/C17H19NO4/c1-3-21-15-6-4-5-7-16(15)22-12-17(19)18-13-8-10-14(20-2)11-9-13/h4-11H,3,12H2,1-2H3,(H,18,19). The zero-order valence-corrected chi connectivity index (χ0v) is 12.7. The number of hydrogen-bond donors (Lipinski definition) is 1. The summed E-state index contributed by atoms with van der Waals surface area (Å²) in [5.41, 5.74) is 0.687. The molecule has 0 bridgehead atoms. The van der Waals surface area contributed by atoms with Crippen LogP contribution in [0.15, 0.2) is 48.5 Å². The zero-order chi connectivity index (χ0) is 15.8. The van der Waals surface area contributed by atoms with Gasteiger partial charge in [0.1, 0.15) is 5.75 Å². The quantitative estimate of drug-likeness (QED) is 0.853. The zero-order valence-electron chi connectivity index (χ0n) is 12.7. The van der Waals surface area contributed by atoms with Crippen molar-refractivity contribution in [1.82, 2.24) is 0 Å². The molecule has 22 heavy (non-hydrogen) atoms. The smallest absolute Gasteiger partial charge is 0.262 e. The number of amides is 1. The lowest BCUT2D eigenvalue weighted by Crippen LogP contribution is -2.20. The molecule has 0 aliphatic heterocycles. The molecular weight excluding hydrogens is 282 g/mol. The third kappa shape index (κ3) is 4.41. The molecule has 2 aromatic rings. The third-order valence-electron chi connectivity index (χ3n) is 2.88. The van der Waals surface area contributed by atoms with Crippen molar-refractivity contribution in [3.63, 3.8) is 0 Å². The molecule has 116 valence electrons. The van der Waals surface area contributed by atoms with Crippen LogP contribution in [0.2, 0.25) is 0 Å². The SMILES string of the molecule is CCOc1ccccc1OCC(=O)Nc1ccc(OC)cc1. The molecular formula is C17H19NO4. The number of rotatable bonds is 7. The molecule has 0 saturated carbocycles. The molecule has 1 amide bonds. The minimum atomic E-state index is -0.239. The van der Waals surface area contributed by atoms with E-state index in [1.54, 1.807) is 43.5 Å². The van der Waals surface area contributed by atoms with Crippen LogP contribution in [0.3, 0.4) is 0 Å². The molecule has 2 rings (SSSR count). The van der Waals surface area contributed by atoms with Crippen molar-refractivity contribution >= 4 is 11.6 Å². The van der Waals surface area contributed by atoms with Crippen LogP contribution in [-0.4, -0.2) is 26.2 Å². The monoisotopic (exact) mass is 301 g/mol. The third-order valence-corrected chi connectivity index (χ3v) is 2.88. The lowest BCUT2D eigenvalue weighted by Gasteiger charge is -2.11. The summed E-state index contributed by atoms with van der Waals surface area (Å²) in [7, 11) is 1.59. The van der Waals surface area contributed by atoms with Gasteiger partial charge in [-0.05, 0) is 43.3 Å². The van der Waals surface area contributed by atoms with Gasteiger partial charge < -0.3 is 19.5 Å². The van der Waals surface area contributed by atoms with Gasteiger partial charge in [-0.15, -0.1) is 0 Å². The Bertz CT molecular complexity index is 610. The molecule has 0 spiro atoms. The summed E-state index contributed by atoms with van der Waals surface area (Å²) in [6.07, 6.45) is 0. The first-order chi connectivity index (χ1) is 10.7. The minimum absolute atomic E-state index is 0.0872. The van der Waals surface area contributed by atoms with E-state index in [4.69, 9.17) is 14.2 Å². The minimum Gasteiger partial charge on any atom is -0.497 e. The molecule has 5 heteroatoms. The molecule has 0 heterocycles. The van der Waals surface area contributed by atoms with Crippen LogP contribution in [0.1, 0.15) is 6.92 Å². The van der Waals surface area contributed by atoms with Crippen molar-refractivity contribution < 1.29 is 19.0 Å². The summed E-state index contributed by atoms with van der Waals surface area (Å²) < 4.78 is 16.0. The molecule has 0 unspecified atom stereocenters. The highest BCUT2D eigenvalue weighted by molar-refractivity contribution is 5.91. The largest absolute Gasteiger partial charge is 0.497 e. The molecule has 0 radical (unpaired) electrons. The highest BCUT2D eigenvalue weighted by atomic mass is 16.5. The van der Waals surface area contributed by atoms with E-state index in [1.807, 2.05) is 19.1 Å². The maximum atomic E-state index is 11.9. The van der Waals surface area contributed by atoms with Gasteiger partial charge in [0.2, 0.25) is 0 Å². The van der Waals surface area contributed by atoms with E-state index < -0.39 is 0 Å². The van der Waals surface area contributed by atoms with Gasteiger partial charge in [-0.2, -0.15) is 0 Å². The van der Waals surface area contributed by atoms with Crippen molar-refractivity contribution in [1.29, 1.82) is 0 Å². The Labute approximate surface area is 129 Å². The van der Waals surface area contributed by atoms with Gasteiger partial charge in [0.05, 0.1) is 13.7 Å². The van der Waals surface area contributed by atoms with Crippen molar-refractivity contribution in [3.05, 3.63) is 48.5 Å². The van der Waals surface area contributed by atoms with Gasteiger partial charge in [0, 0.05) is 5.69 Å². The van der Waals surface area contributed by atoms with Crippen LogP contribution in [0, 0.1) is 0 Å². The van der Waals surface area contributed by atoms with Gasteiger partial charge in [-0.25, -0.2) is 0 Å². The van der Waals surface area contributed by atoms with E-state index in [0.29, 0.717) is 23.8 Å². The maximum Gasteiger partial charge on any atom is 0.262 e. The van der Waals surface area contributed by atoms with E-state index >= 15 is 0 Å². The average molecular weight is 301 g/mol. The van der Waals surface area contributed by atoms with Gasteiger partial charge in [0.15, 0.2) is 18.1 Å². The summed E-state index contributed by atoms with van der Waals surface area (Å²) in [4.78, 5) is 11.9. The Morgan fingerprint density at radius 3 is 2.23 bits per heavy atom. The predicted octanol–water partition coefficient (Wildman–Crippen LogP) is 3.11. The molecule has 2 aromatic carbocycles. The lowest BCUT2D eigenvalue weighted by molar-refractivity contribution is -0.118. The maximum absolute atomic E-state index is 11.9. The molecule has 0 atom stereocenters. The van der Waals surface area contributed by atoms with Gasteiger partial charge in [0.25, 0.3) is 5.91 Å². The summed E-state index contributed by atoms with van der Waals surface area (Å²) >= 11 is 0. The van der Waals surface area contributed by atoms with E-state index in [0.717, 1.165) is 5.75 Å². The fourth-order valence-corrected chi connectivity index (χ4v) is 1.86. The Morgan fingerprint density at radius 2 is 1.64 bits per heavy atom. The molecule has 1 N–H and O–H groups in total. The summed E-state index contributed by atoms with van der Waals surface area (Å²) in [6.45, 7) is 2.35. The number of nitrogens with one attached hydrogen (secondary N) is 1. The van der Waals surface area contributed by atoms with Crippen molar-refractivity contribution in [2.24, 2.45) is 0 Å². The van der Waals surface area contributed by atoms with Crippen LogP contribution in [0.4, 0.5) is 5.69 Å². The number of ether oxygens (including phenoxy) is 3. The van der Waals surface area contributed by atoms with Crippen LogP contribution < -0.4 is 19.5 Å². The lowest BCUT2D eigenvalue weighted by atomic mass is 10.3. The van der Waals surface area contributed by atoms with Crippen LogP contribution >= 0.6 is 0 Å². The van der Waals surface area contributed by atoms with Crippen molar-refractivity contribution in [2.45, 2.75) is 6.92 Å². The molecule has 5 nitrogen and oxygen atoms in total. The Hall–Kier alpha value is -2.69. The summed E-state index contributed by atoms with van der Waals surface area (Å²) in [5, 5.41) is 2.75. The highest BCUT2D eigenvalue weighted by Crippen LogP contribution is 2.26. The number of benzene rings is 2. The Balaban J connectivity index is 1.89. The summed E-state index contributed by atoms with van der Waals surface area (Å²) in [6, 6.07) is 14.4. The average Bonchev–Trinajstić information content (AvgIpc) is 2.55. The molecule has 0 aliphatic carbocycles. The highest BCUT2D eigenvalue weighted by Gasteiger charge is 2.07. The number of methoxy groups -OCH3 is 1. The first-order valence-corrected chi connectivity index (χ1v) is 7.01. The molecule has 0 fully saturated rings. The van der Waals surface area contributed by atoms with E-state index in [2.05, 4.69) is 5.32 Å². The first-order valence-electron chi connectivity index (χ1n) is 7.01. The Kier molecular flexibility index (Phi) is 5.65. The van der Waals surface area contributed by atoms with E-state index in [9.17, 15) is 4.79 Å². The van der Waals surface area contributed by atoms with Gasteiger partial charge in [-0.3, -0.25) is 4.79 Å². The van der Waals surface area contributed by atoms with Gasteiger partial charge in [-0.1, -0.05) is 12.1 Å². The Morgan fingerprint density at radius 1 is 1.00 bits per heavy atom. The number of hydrogen-bond acceptors (Lipinski definition) is 4. The number of para-hydroxylation sites is 2. The second kappa shape index (κ2) is 7.93. The normalized spacial score (nSPS) is 9.91. The molecule has 0 aliphatic rings. The predicted molar refractivity (Wildman–Crippen MR) is 84.7 cm³/mol. The number of anilines is 1. The topological polar surface area (TPSA) is 56.8 Å². The second-order valence-corrected chi connectivity index (χ2v) is 4.45. The number of carbonyl (C=O) groups excluding carboxylic acids is 1. The fourth-order valence-electron chi connectivity index (χ4n) is 1.86. The van der Waals surface area contributed by atoms with E-state index in [-0.39, 0.29) is 12.5 Å². The van der Waals surface area contributed by atoms with Crippen LogP contribution in [-0.2, 0) is 4.79 Å². The number of carbonyl (C=O) groups is 1. The van der Waals surface area contributed by atoms with Crippen LogP contribution in [0.25, 0.3) is 0 Å². The van der Waals surface area contributed by atoms with E-state index in [1.165, 1.54) is 0 Å².